The van der Waals surface area contributed by atoms with Gasteiger partial charge in [-0.25, -0.2) is 4.79 Å². The van der Waals surface area contributed by atoms with E-state index in [4.69, 9.17) is 21.1 Å². The van der Waals surface area contributed by atoms with E-state index < -0.39 is 23.5 Å². The van der Waals surface area contributed by atoms with Crippen LogP contribution in [0.4, 0.5) is 4.79 Å². The molecule has 0 saturated heterocycles. The number of amides is 2. The molecule has 0 aromatic heterocycles. The molecule has 0 spiro atoms. The van der Waals surface area contributed by atoms with Crippen LogP contribution in [0.25, 0.3) is 11.1 Å². The summed E-state index contributed by atoms with van der Waals surface area (Å²) in [6.07, 6.45) is 0.883. The van der Waals surface area contributed by atoms with Crippen LogP contribution in [0.3, 0.4) is 0 Å². The molecule has 2 aromatic rings. The molecule has 2 atom stereocenters. The van der Waals surface area contributed by atoms with Gasteiger partial charge in [0.1, 0.15) is 12.1 Å². The van der Waals surface area contributed by atoms with Crippen molar-refractivity contribution in [2.45, 2.75) is 59.1 Å². The molecule has 0 aliphatic carbocycles. The number of carbonyl (C=O) groups is 3. The summed E-state index contributed by atoms with van der Waals surface area (Å²) in [5.74, 6) is -1.25. The molecule has 0 bridgehead atoms. The molecule has 0 aliphatic rings. The van der Waals surface area contributed by atoms with Crippen molar-refractivity contribution < 1.29 is 23.9 Å². The van der Waals surface area contributed by atoms with Gasteiger partial charge >= 0.3 is 18.0 Å². The van der Waals surface area contributed by atoms with E-state index in [1.807, 2.05) is 48.5 Å². The molecule has 0 aliphatic heterocycles. The highest BCUT2D eigenvalue weighted by atomic mass is 35.5. The van der Waals surface area contributed by atoms with Crippen molar-refractivity contribution >= 4 is 29.6 Å². The lowest BCUT2D eigenvalue weighted by molar-refractivity contribution is -0.153. The van der Waals surface area contributed by atoms with Crippen molar-refractivity contribution in [2.75, 3.05) is 13.2 Å². The first-order chi connectivity index (χ1) is 16.5. The monoisotopic (exact) mass is 502 g/mol. The number of esters is 2. The van der Waals surface area contributed by atoms with Gasteiger partial charge in [-0.05, 0) is 69.4 Å². The van der Waals surface area contributed by atoms with Crippen LogP contribution in [0.15, 0.2) is 48.5 Å². The number of benzene rings is 2. The van der Waals surface area contributed by atoms with Gasteiger partial charge < -0.3 is 20.1 Å². The summed E-state index contributed by atoms with van der Waals surface area (Å²) in [5, 5.41) is 6.08. The van der Waals surface area contributed by atoms with Crippen LogP contribution < -0.4 is 10.6 Å². The summed E-state index contributed by atoms with van der Waals surface area (Å²) in [4.78, 5) is 36.6. The Balaban J connectivity index is 2.06. The van der Waals surface area contributed by atoms with E-state index in [-0.39, 0.29) is 18.6 Å². The SMILES string of the molecule is CCOC(=O)C(C)CC(Cc1ccc(-c2cccc(Cl)c2)cc1)NC(=O)NCC(=O)OC(C)(C)C. The van der Waals surface area contributed by atoms with Crippen LogP contribution >= 0.6 is 11.6 Å². The Hall–Kier alpha value is -3.06. The van der Waals surface area contributed by atoms with Gasteiger partial charge in [-0.15, -0.1) is 0 Å². The van der Waals surface area contributed by atoms with E-state index >= 15 is 0 Å². The number of rotatable bonds is 10. The lowest BCUT2D eigenvalue weighted by Gasteiger charge is -2.23. The Morgan fingerprint density at radius 1 is 1.03 bits per heavy atom. The molecule has 2 amide bonds. The molecule has 35 heavy (non-hydrogen) atoms. The second-order valence-electron chi connectivity index (χ2n) is 9.41. The van der Waals surface area contributed by atoms with Gasteiger partial charge in [0.15, 0.2) is 0 Å². The van der Waals surface area contributed by atoms with Crippen LogP contribution in [0, 0.1) is 5.92 Å². The topological polar surface area (TPSA) is 93.7 Å². The summed E-state index contributed by atoms with van der Waals surface area (Å²) in [6.45, 7) is 8.85. The van der Waals surface area contributed by atoms with Crippen LogP contribution in [-0.2, 0) is 25.5 Å². The third-order valence-electron chi connectivity index (χ3n) is 5.07. The molecular weight excluding hydrogens is 468 g/mol. The van der Waals surface area contributed by atoms with Gasteiger partial charge in [0.25, 0.3) is 0 Å². The van der Waals surface area contributed by atoms with Gasteiger partial charge in [-0.1, -0.05) is 54.9 Å². The van der Waals surface area contributed by atoms with Crippen LogP contribution in [0.5, 0.6) is 0 Å². The highest BCUT2D eigenvalue weighted by Gasteiger charge is 2.23. The number of halogens is 1. The molecule has 2 N–H and O–H groups in total. The standard InChI is InChI=1S/C27H35ClN2O5/c1-6-34-25(32)18(2)14-23(30-26(33)29-17-24(31)35-27(3,4)5)15-19-10-12-20(13-11-19)21-8-7-9-22(28)16-21/h7-13,16,18,23H,6,14-15,17H2,1-5H3,(H2,29,30,33). The minimum absolute atomic E-state index is 0.252. The fourth-order valence-electron chi connectivity index (χ4n) is 3.55. The first-order valence-electron chi connectivity index (χ1n) is 11.7. The molecule has 0 radical (unpaired) electrons. The average Bonchev–Trinajstić information content (AvgIpc) is 2.77. The van der Waals surface area contributed by atoms with E-state index in [0.29, 0.717) is 24.5 Å². The predicted octanol–water partition coefficient (Wildman–Crippen LogP) is 5.15. The second-order valence-corrected chi connectivity index (χ2v) is 9.85. The summed E-state index contributed by atoms with van der Waals surface area (Å²) in [6, 6.07) is 14.7. The Morgan fingerprint density at radius 2 is 1.71 bits per heavy atom. The minimum Gasteiger partial charge on any atom is -0.466 e. The first kappa shape index (κ1) is 28.2. The molecular formula is C27H35ClN2O5. The molecule has 7 nitrogen and oxygen atoms in total. The highest BCUT2D eigenvalue weighted by molar-refractivity contribution is 6.30. The number of carbonyl (C=O) groups excluding carboxylic acids is 3. The normalized spacial score (nSPS) is 12.9. The van der Waals surface area contributed by atoms with Crippen molar-refractivity contribution in [2.24, 2.45) is 5.92 Å². The number of hydrogen-bond donors (Lipinski definition) is 2. The smallest absolute Gasteiger partial charge is 0.325 e. The number of nitrogens with one attached hydrogen (secondary N) is 2. The van der Waals surface area contributed by atoms with E-state index in [2.05, 4.69) is 10.6 Å². The summed E-state index contributed by atoms with van der Waals surface area (Å²) in [5.41, 5.74) is 2.39. The van der Waals surface area contributed by atoms with Gasteiger partial charge in [0.2, 0.25) is 0 Å². The maximum Gasteiger partial charge on any atom is 0.325 e. The van der Waals surface area contributed by atoms with Crippen molar-refractivity contribution in [3.05, 3.63) is 59.1 Å². The molecule has 2 unspecified atom stereocenters. The van der Waals surface area contributed by atoms with E-state index in [1.54, 1.807) is 34.6 Å². The number of ether oxygens (including phenoxy) is 2. The summed E-state index contributed by atoms with van der Waals surface area (Å²) >= 11 is 6.10. The Labute approximate surface area is 212 Å². The zero-order chi connectivity index (χ0) is 26.0. The lowest BCUT2D eigenvalue weighted by Crippen LogP contribution is -2.46. The first-order valence-corrected chi connectivity index (χ1v) is 12.1. The quantitative estimate of drug-likeness (QED) is 0.438. The predicted molar refractivity (Wildman–Crippen MR) is 137 cm³/mol. The molecule has 2 rings (SSSR count). The van der Waals surface area contributed by atoms with Gasteiger partial charge in [0.05, 0.1) is 12.5 Å². The van der Waals surface area contributed by atoms with E-state index in [1.165, 1.54) is 0 Å². The zero-order valence-corrected chi connectivity index (χ0v) is 21.8. The third kappa shape index (κ3) is 10.4. The summed E-state index contributed by atoms with van der Waals surface area (Å²) in [7, 11) is 0. The van der Waals surface area contributed by atoms with E-state index in [0.717, 1.165) is 16.7 Å². The molecule has 0 fully saturated rings. The number of urea groups is 1. The fraction of sp³-hybridized carbons (Fsp3) is 0.444. The maximum absolute atomic E-state index is 12.5. The molecule has 0 saturated carbocycles. The maximum atomic E-state index is 12.5. The van der Waals surface area contributed by atoms with Crippen molar-refractivity contribution in [3.8, 4) is 11.1 Å². The van der Waals surface area contributed by atoms with Crippen LogP contribution in [0.1, 0.15) is 46.6 Å². The van der Waals surface area contributed by atoms with Gasteiger partial charge in [-0.2, -0.15) is 0 Å². The largest absolute Gasteiger partial charge is 0.466 e. The molecule has 190 valence electrons. The third-order valence-corrected chi connectivity index (χ3v) is 5.30. The summed E-state index contributed by atoms with van der Waals surface area (Å²) < 4.78 is 10.3. The zero-order valence-electron chi connectivity index (χ0n) is 21.0. The second kappa shape index (κ2) is 13.1. The lowest BCUT2D eigenvalue weighted by atomic mass is 9.95. The Morgan fingerprint density at radius 3 is 2.31 bits per heavy atom. The number of hydrogen-bond acceptors (Lipinski definition) is 5. The molecule has 2 aromatic carbocycles. The molecule has 0 heterocycles. The van der Waals surface area contributed by atoms with Gasteiger partial charge in [-0.3, -0.25) is 9.59 Å². The van der Waals surface area contributed by atoms with Crippen molar-refractivity contribution in [1.82, 2.24) is 10.6 Å². The molecule has 8 heteroatoms. The minimum atomic E-state index is -0.635. The van der Waals surface area contributed by atoms with Crippen LogP contribution in [0.2, 0.25) is 5.02 Å². The van der Waals surface area contributed by atoms with Crippen LogP contribution in [-0.4, -0.2) is 42.8 Å². The van der Waals surface area contributed by atoms with E-state index in [9.17, 15) is 14.4 Å². The average molecular weight is 503 g/mol. The Kier molecular flexibility index (Phi) is 10.6. The highest BCUT2D eigenvalue weighted by Crippen LogP contribution is 2.24. The fourth-order valence-corrected chi connectivity index (χ4v) is 3.74. The Bertz CT molecular complexity index is 1000. The van der Waals surface area contributed by atoms with Crippen molar-refractivity contribution in [3.63, 3.8) is 0 Å². The van der Waals surface area contributed by atoms with Gasteiger partial charge in [0, 0.05) is 11.1 Å². The van der Waals surface area contributed by atoms with Crippen molar-refractivity contribution in [1.29, 1.82) is 0 Å².